The normalized spacial score (nSPS) is 14.0. The van der Waals surface area contributed by atoms with E-state index in [9.17, 15) is 19.5 Å². The van der Waals surface area contributed by atoms with Crippen molar-refractivity contribution in [2.45, 2.75) is 12.8 Å². The molecule has 0 aromatic heterocycles. The molecule has 5 nitrogen and oxygen atoms in total. The molecular weight excluding hydrogens is 258 g/mol. The molecular formula is C15H9NO4. The molecule has 0 saturated carbocycles. The van der Waals surface area contributed by atoms with Crippen LogP contribution in [0.1, 0.15) is 34.3 Å². The molecule has 5 heteroatoms. The van der Waals surface area contributed by atoms with Crippen LogP contribution >= 0.6 is 0 Å². The highest BCUT2D eigenvalue weighted by Crippen LogP contribution is 2.31. The molecule has 0 aliphatic carbocycles. The van der Waals surface area contributed by atoms with Crippen LogP contribution in [-0.4, -0.2) is 22.9 Å². The molecule has 1 N–H and O–H groups in total. The Morgan fingerprint density at radius 2 is 1.75 bits per heavy atom. The molecule has 0 bridgehead atoms. The third-order valence-corrected chi connectivity index (χ3v) is 2.94. The van der Waals surface area contributed by atoms with E-state index in [4.69, 9.17) is 12.8 Å². The van der Waals surface area contributed by atoms with Crippen molar-refractivity contribution in [1.82, 2.24) is 0 Å². The van der Waals surface area contributed by atoms with Crippen molar-refractivity contribution in [2.75, 3.05) is 4.90 Å². The average molecular weight is 267 g/mol. The van der Waals surface area contributed by atoms with E-state index in [2.05, 4.69) is 11.8 Å². The lowest BCUT2D eigenvalue weighted by Gasteiger charge is -2.18. The number of hydrogen-bond donors (Lipinski definition) is 1. The number of carboxylic acids is 1. The van der Waals surface area contributed by atoms with Gasteiger partial charge in [-0.25, -0.2) is 9.69 Å². The Hall–Kier alpha value is -3.05. The highest BCUT2D eigenvalue weighted by molar-refractivity contribution is 6.22. The fraction of sp³-hybridized carbons (Fsp3) is 0.133. The lowest BCUT2D eigenvalue weighted by Crippen LogP contribution is -2.31. The fourth-order valence-electron chi connectivity index (χ4n) is 2.06. The molecule has 98 valence electrons. The highest BCUT2D eigenvalue weighted by atomic mass is 16.4. The second-order valence-corrected chi connectivity index (χ2v) is 4.14. The summed E-state index contributed by atoms with van der Waals surface area (Å²) in [7, 11) is 0. The summed E-state index contributed by atoms with van der Waals surface area (Å²) < 4.78 is 0. The molecule has 0 radical (unpaired) electrons. The molecule has 1 fully saturated rings. The van der Waals surface area contributed by atoms with E-state index in [1.807, 2.05) is 0 Å². The molecule has 0 unspecified atom stereocenters. The number of carbonyl (C=O) groups is 3. The van der Waals surface area contributed by atoms with E-state index in [0.29, 0.717) is 0 Å². The lowest BCUT2D eigenvalue weighted by molar-refractivity contribution is -0.121. The van der Waals surface area contributed by atoms with E-state index >= 15 is 0 Å². The van der Waals surface area contributed by atoms with Gasteiger partial charge in [0.15, 0.2) is 0 Å². The van der Waals surface area contributed by atoms with Gasteiger partial charge in [0.2, 0.25) is 11.8 Å². The minimum atomic E-state index is -1.30. The quantitative estimate of drug-likeness (QED) is 0.640. The van der Waals surface area contributed by atoms with E-state index in [0.717, 1.165) is 4.90 Å². The number of nitrogens with zero attached hydrogens (tertiary/aromatic N) is 1. The zero-order valence-corrected chi connectivity index (χ0v) is 10.3. The van der Waals surface area contributed by atoms with Crippen LogP contribution in [0.25, 0.3) is 0 Å². The van der Waals surface area contributed by atoms with Crippen molar-refractivity contribution in [3.05, 3.63) is 28.8 Å². The van der Waals surface area contributed by atoms with Crippen molar-refractivity contribution < 1.29 is 19.5 Å². The number of benzene rings is 1. The smallest absolute Gasteiger partial charge is 0.337 e. The summed E-state index contributed by atoms with van der Waals surface area (Å²) in [6.07, 6.45) is 10.7. The van der Waals surface area contributed by atoms with E-state index in [1.165, 1.54) is 12.1 Å². The first-order chi connectivity index (χ1) is 9.49. The van der Waals surface area contributed by atoms with Crippen LogP contribution in [-0.2, 0) is 9.59 Å². The van der Waals surface area contributed by atoms with Gasteiger partial charge in [-0.15, -0.1) is 12.8 Å². The Balaban J connectivity index is 2.77. The summed E-state index contributed by atoms with van der Waals surface area (Å²) in [5.41, 5.74) is 0.0585. The van der Waals surface area contributed by atoms with Gasteiger partial charge in [0.25, 0.3) is 0 Å². The Morgan fingerprint density at radius 1 is 1.15 bits per heavy atom. The minimum Gasteiger partial charge on any atom is -0.478 e. The Morgan fingerprint density at radius 3 is 2.20 bits per heavy atom. The Labute approximate surface area is 115 Å². The van der Waals surface area contributed by atoms with Gasteiger partial charge in [-0.3, -0.25) is 9.59 Å². The number of carboxylic acid groups (broad SMARTS) is 1. The molecule has 1 aliphatic rings. The van der Waals surface area contributed by atoms with Crippen LogP contribution in [0.15, 0.2) is 12.1 Å². The molecule has 1 aromatic rings. The maximum atomic E-state index is 11.8. The summed E-state index contributed by atoms with van der Waals surface area (Å²) in [5, 5.41) is 9.25. The maximum absolute atomic E-state index is 11.8. The summed E-state index contributed by atoms with van der Waals surface area (Å²) >= 11 is 0. The summed E-state index contributed by atoms with van der Waals surface area (Å²) in [5.74, 6) is 2.32. The number of carbonyl (C=O) groups excluding carboxylic acids is 2. The third-order valence-electron chi connectivity index (χ3n) is 2.94. The number of anilines is 1. The lowest BCUT2D eigenvalue weighted by atomic mass is 10.0. The van der Waals surface area contributed by atoms with Gasteiger partial charge in [-0.2, -0.15) is 0 Å². The second kappa shape index (κ2) is 4.91. The number of terminal acetylenes is 2. The number of imide groups is 1. The van der Waals surface area contributed by atoms with Crippen LogP contribution in [0.4, 0.5) is 5.69 Å². The van der Waals surface area contributed by atoms with Crippen molar-refractivity contribution in [1.29, 1.82) is 0 Å². The van der Waals surface area contributed by atoms with Gasteiger partial charge in [-0.1, -0.05) is 11.8 Å². The SMILES string of the molecule is C#Cc1cc(C#C)c(N2C(=O)CCC2=O)c(C(=O)O)c1. The number of rotatable bonds is 2. The zero-order valence-electron chi connectivity index (χ0n) is 10.3. The van der Waals surface area contributed by atoms with Crippen LogP contribution in [0.5, 0.6) is 0 Å². The first-order valence-electron chi connectivity index (χ1n) is 5.70. The van der Waals surface area contributed by atoms with Crippen LogP contribution in [0.2, 0.25) is 0 Å². The monoisotopic (exact) mass is 267 g/mol. The topological polar surface area (TPSA) is 74.7 Å². The van der Waals surface area contributed by atoms with Gasteiger partial charge >= 0.3 is 5.97 Å². The van der Waals surface area contributed by atoms with Crippen molar-refractivity contribution in [3.63, 3.8) is 0 Å². The van der Waals surface area contributed by atoms with E-state index in [1.54, 1.807) is 0 Å². The summed E-state index contributed by atoms with van der Waals surface area (Å²) in [4.78, 5) is 35.7. The average Bonchev–Trinajstić information content (AvgIpc) is 2.76. The molecule has 0 atom stereocenters. The van der Waals surface area contributed by atoms with Gasteiger partial charge in [-0.05, 0) is 12.1 Å². The standard InChI is InChI=1S/C15H9NO4/c1-3-9-7-10(4-2)14(11(8-9)15(19)20)16-12(17)5-6-13(16)18/h1-2,7-8H,5-6H2,(H,19,20). The molecule has 0 spiro atoms. The highest BCUT2D eigenvalue weighted by Gasteiger charge is 2.34. The molecule has 1 saturated heterocycles. The predicted molar refractivity (Wildman–Crippen MR) is 71.0 cm³/mol. The molecule has 20 heavy (non-hydrogen) atoms. The largest absolute Gasteiger partial charge is 0.478 e. The van der Waals surface area contributed by atoms with Gasteiger partial charge in [0.05, 0.1) is 16.8 Å². The Bertz CT molecular complexity index is 703. The molecule has 1 aliphatic heterocycles. The van der Waals surface area contributed by atoms with Crippen molar-refractivity contribution in [3.8, 4) is 24.7 Å². The minimum absolute atomic E-state index is 0.0405. The number of hydrogen-bond acceptors (Lipinski definition) is 3. The number of aromatic carboxylic acids is 1. The first kappa shape index (κ1) is 13.4. The zero-order chi connectivity index (χ0) is 14.9. The molecule has 1 aromatic carbocycles. The van der Waals surface area contributed by atoms with E-state index in [-0.39, 0.29) is 35.2 Å². The number of amides is 2. The molecule has 1 heterocycles. The van der Waals surface area contributed by atoms with Crippen LogP contribution < -0.4 is 4.90 Å². The van der Waals surface area contributed by atoms with Crippen molar-refractivity contribution >= 4 is 23.5 Å². The van der Waals surface area contributed by atoms with Crippen LogP contribution in [0, 0.1) is 24.7 Å². The van der Waals surface area contributed by atoms with Gasteiger partial charge < -0.3 is 5.11 Å². The maximum Gasteiger partial charge on any atom is 0.337 e. The Kier molecular flexibility index (Phi) is 3.28. The molecule has 2 rings (SSSR count). The molecule has 2 amide bonds. The summed E-state index contributed by atoms with van der Waals surface area (Å²) in [6.45, 7) is 0. The fourth-order valence-corrected chi connectivity index (χ4v) is 2.06. The first-order valence-corrected chi connectivity index (χ1v) is 5.70. The second-order valence-electron chi connectivity index (χ2n) is 4.14. The predicted octanol–water partition coefficient (Wildman–Crippen LogP) is 1.00. The third kappa shape index (κ3) is 2.02. The van der Waals surface area contributed by atoms with Gasteiger partial charge in [0.1, 0.15) is 0 Å². The van der Waals surface area contributed by atoms with Gasteiger partial charge in [0, 0.05) is 18.4 Å². The summed E-state index contributed by atoms with van der Waals surface area (Å²) in [6, 6.07) is 2.62. The van der Waals surface area contributed by atoms with E-state index < -0.39 is 17.8 Å². The van der Waals surface area contributed by atoms with Crippen molar-refractivity contribution in [2.24, 2.45) is 0 Å². The van der Waals surface area contributed by atoms with Crippen LogP contribution in [0.3, 0.4) is 0 Å².